The van der Waals surface area contributed by atoms with Gasteiger partial charge in [-0.2, -0.15) is 0 Å². The number of anilines is 1. The van der Waals surface area contributed by atoms with Crippen LogP contribution in [0.3, 0.4) is 0 Å². The van der Waals surface area contributed by atoms with Crippen molar-refractivity contribution in [1.29, 1.82) is 0 Å². The number of nitro groups is 1. The highest BCUT2D eigenvalue weighted by atomic mass is 32.1. The van der Waals surface area contributed by atoms with Gasteiger partial charge in [0.15, 0.2) is 11.7 Å². The lowest BCUT2D eigenvalue weighted by molar-refractivity contribution is -0.907. The van der Waals surface area contributed by atoms with Crippen LogP contribution in [0, 0.1) is 10.1 Å². The molecule has 0 radical (unpaired) electrons. The summed E-state index contributed by atoms with van der Waals surface area (Å²) in [6.45, 7) is 10.2. The number of carbonyl (C=O) groups is 1. The Balaban J connectivity index is 1.74. The van der Waals surface area contributed by atoms with Gasteiger partial charge >= 0.3 is 0 Å². The summed E-state index contributed by atoms with van der Waals surface area (Å²) < 4.78 is 5.75. The Bertz CT molecular complexity index is 873. The van der Waals surface area contributed by atoms with Gasteiger partial charge in [-0.1, -0.05) is 6.08 Å². The number of nitro benzene ring substituents is 1. The average molecular weight is 418 g/mol. The van der Waals surface area contributed by atoms with E-state index in [9.17, 15) is 14.9 Å². The van der Waals surface area contributed by atoms with E-state index in [1.807, 2.05) is 19.2 Å². The monoisotopic (exact) mass is 417 g/mol. The average Bonchev–Trinajstić information content (AvgIpc) is 3.15. The molecule has 1 saturated heterocycles. The van der Waals surface area contributed by atoms with E-state index >= 15 is 0 Å². The van der Waals surface area contributed by atoms with Crippen LogP contribution >= 0.6 is 11.3 Å². The molecule has 0 aliphatic carbocycles. The molecule has 29 heavy (non-hydrogen) atoms. The Morgan fingerprint density at radius 2 is 2.03 bits per heavy atom. The molecule has 0 spiro atoms. The Hall–Kier alpha value is -2.62. The SMILES string of the molecule is C=CCN(C(=O)C[NH+]1C[C@@H](C)O[C@H](C)C1)c1nc(-c2ccc([N+](=O)[O-])cc2)cs1. The van der Waals surface area contributed by atoms with Crippen molar-refractivity contribution in [3.63, 3.8) is 0 Å². The maximum Gasteiger partial charge on any atom is 0.284 e. The summed E-state index contributed by atoms with van der Waals surface area (Å²) in [4.78, 5) is 30.8. The largest absolute Gasteiger partial charge is 0.364 e. The number of non-ortho nitro benzene ring substituents is 1. The number of hydrogen-bond donors (Lipinski definition) is 1. The predicted molar refractivity (Wildman–Crippen MR) is 112 cm³/mol. The van der Waals surface area contributed by atoms with Crippen molar-refractivity contribution in [3.8, 4) is 11.3 Å². The lowest BCUT2D eigenvalue weighted by Crippen LogP contribution is -3.16. The van der Waals surface area contributed by atoms with Gasteiger partial charge in [0, 0.05) is 29.6 Å². The molecule has 3 rings (SSSR count). The third-order valence-electron chi connectivity index (χ3n) is 4.73. The van der Waals surface area contributed by atoms with Gasteiger partial charge in [-0.25, -0.2) is 4.98 Å². The number of quaternary nitrogens is 1. The Labute approximate surface area is 173 Å². The number of nitrogens with one attached hydrogen (secondary N) is 1. The topological polar surface area (TPSA) is 90.0 Å². The second-order valence-electron chi connectivity index (χ2n) is 7.20. The molecule has 1 amide bonds. The number of benzene rings is 1. The smallest absolute Gasteiger partial charge is 0.284 e. The van der Waals surface area contributed by atoms with E-state index in [-0.39, 0.29) is 23.8 Å². The van der Waals surface area contributed by atoms with Crippen LogP contribution in [0.1, 0.15) is 13.8 Å². The number of rotatable bonds is 7. The Kier molecular flexibility index (Phi) is 6.73. The Morgan fingerprint density at radius 3 is 2.62 bits per heavy atom. The van der Waals surface area contributed by atoms with E-state index in [1.54, 1.807) is 23.1 Å². The van der Waals surface area contributed by atoms with E-state index in [0.29, 0.717) is 23.9 Å². The third-order valence-corrected chi connectivity index (χ3v) is 5.59. The number of ether oxygens (including phenoxy) is 1. The first-order valence-corrected chi connectivity index (χ1v) is 10.4. The summed E-state index contributed by atoms with van der Waals surface area (Å²) in [5.41, 5.74) is 1.48. The van der Waals surface area contributed by atoms with Gasteiger partial charge in [0.2, 0.25) is 0 Å². The van der Waals surface area contributed by atoms with Crippen LogP contribution in [0.25, 0.3) is 11.3 Å². The lowest BCUT2D eigenvalue weighted by atomic mass is 10.1. The number of morpholine rings is 1. The van der Waals surface area contributed by atoms with Gasteiger partial charge in [0.1, 0.15) is 25.3 Å². The molecule has 0 unspecified atom stereocenters. The van der Waals surface area contributed by atoms with E-state index in [1.165, 1.54) is 28.4 Å². The fourth-order valence-electron chi connectivity index (χ4n) is 3.53. The van der Waals surface area contributed by atoms with E-state index in [4.69, 9.17) is 4.74 Å². The number of aromatic nitrogens is 1. The molecule has 8 nitrogen and oxygen atoms in total. The zero-order valence-corrected chi connectivity index (χ0v) is 17.4. The minimum absolute atomic E-state index is 0.00852. The van der Waals surface area contributed by atoms with Crippen LogP contribution in [-0.2, 0) is 9.53 Å². The molecule has 0 saturated carbocycles. The minimum Gasteiger partial charge on any atom is -0.364 e. The molecular formula is C20H25N4O4S+. The number of carbonyl (C=O) groups excluding carboxylic acids is 1. The first-order valence-electron chi connectivity index (χ1n) is 9.48. The van der Waals surface area contributed by atoms with E-state index in [0.717, 1.165) is 18.7 Å². The fourth-order valence-corrected chi connectivity index (χ4v) is 4.39. The second-order valence-corrected chi connectivity index (χ2v) is 8.04. The molecule has 0 bridgehead atoms. The summed E-state index contributed by atoms with van der Waals surface area (Å²) in [6.07, 6.45) is 1.94. The maximum absolute atomic E-state index is 13.0. The van der Waals surface area contributed by atoms with Crippen LogP contribution in [-0.4, -0.2) is 54.2 Å². The van der Waals surface area contributed by atoms with Gasteiger partial charge in [-0.3, -0.25) is 19.8 Å². The van der Waals surface area contributed by atoms with Crippen molar-refractivity contribution in [2.24, 2.45) is 0 Å². The van der Waals surface area contributed by atoms with Crippen molar-refractivity contribution in [3.05, 3.63) is 52.4 Å². The minimum atomic E-state index is -0.434. The normalized spacial score (nSPS) is 21.5. The van der Waals surface area contributed by atoms with Crippen molar-refractivity contribution >= 4 is 28.1 Å². The molecule has 2 aromatic rings. The molecule has 1 aliphatic rings. The van der Waals surface area contributed by atoms with Crippen molar-refractivity contribution < 1.29 is 19.4 Å². The van der Waals surface area contributed by atoms with Crippen LogP contribution in [0.5, 0.6) is 0 Å². The van der Waals surface area contributed by atoms with Gasteiger partial charge in [-0.05, 0) is 26.0 Å². The summed E-state index contributed by atoms with van der Waals surface area (Å²) in [5.74, 6) is -0.00852. The van der Waals surface area contributed by atoms with Gasteiger partial charge < -0.3 is 9.64 Å². The maximum atomic E-state index is 13.0. The van der Waals surface area contributed by atoms with Crippen molar-refractivity contribution in [1.82, 2.24) is 4.98 Å². The van der Waals surface area contributed by atoms with E-state index in [2.05, 4.69) is 11.6 Å². The summed E-state index contributed by atoms with van der Waals surface area (Å²) in [5, 5.41) is 13.3. The Morgan fingerprint density at radius 1 is 1.38 bits per heavy atom. The highest BCUT2D eigenvalue weighted by Crippen LogP contribution is 2.28. The highest BCUT2D eigenvalue weighted by Gasteiger charge is 2.29. The first kappa shape index (κ1) is 21.1. The molecule has 1 aromatic carbocycles. The van der Waals surface area contributed by atoms with Crippen molar-refractivity contribution in [2.75, 3.05) is 31.1 Å². The van der Waals surface area contributed by atoms with Crippen molar-refractivity contribution in [2.45, 2.75) is 26.1 Å². The summed E-state index contributed by atoms with van der Waals surface area (Å²) in [6, 6.07) is 6.23. The molecule has 1 N–H and O–H groups in total. The lowest BCUT2D eigenvalue weighted by Gasteiger charge is -2.32. The van der Waals surface area contributed by atoms with Gasteiger partial charge in [-0.15, -0.1) is 17.9 Å². The van der Waals surface area contributed by atoms with Crippen LogP contribution in [0.2, 0.25) is 0 Å². The zero-order valence-electron chi connectivity index (χ0n) is 16.5. The number of nitrogens with zero attached hydrogens (tertiary/aromatic N) is 3. The molecule has 1 aromatic heterocycles. The number of thiazole rings is 1. The molecule has 2 atom stereocenters. The van der Waals surface area contributed by atoms with E-state index < -0.39 is 4.92 Å². The second kappa shape index (κ2) is 9.25. The molecule has 1 aliphatic heterocycles. The van der Waals surface area contributed by atoms with Crippen LogP contribution < -0.4 is 9.80 Å². The molecule has 154 valence electrons. The fraction of sp³-hybridized carbons (Fsp3) is 0.400. The van der Waals surface area contributed by atoms with Gasteiger partial charge in [0.05, 0.1) is 10.6 Å². The predicted octanol–water partition coefficient (Wildman–Crippen LogP) is 1.93. The highest BCUT2D eigenvalue weighted by molar-refractivity contribution is 7.14. The summed E-state index contributed by atoms with van der Waals surface area (Å²) in [7, 11) is 0. The molecule has 2 heterocycles. The van der Waals surface area contributed by atoms with Crippen LogP contribution in [0.15, 0.2) is 42.3 Å². The number of amides is 1. The standard InChI is InChI=1S/C20H24N4O4S/c1-4-9-23(19(25)12-22-10-14(2)28-15(3)11-22)20-21-18(13-29-20)16-5-7-17(8-6-16)24(26)27/h4-8,13-15H,1,9-12H2,2-3H3/p+1/t14-,15-/m1/s1. The number of hydrogen-bond acceptors (Lipinski definition) is 6. The third kappa shape index (κ3) is 5.26. The summed E-state index contributed by atoms with van der Waals surface area (Å²) >= 11 is 1.37. The van der Waals surface area contributed by atoms with Crippen LogP contribution in [0.4, 0.5) is 10.8 Å². The first-order chi connectivity index (χ1) is 13.9. The quantitative estimate of drug-likeness (QED) is 0.422. The molecule has 1 fully saturated rings. The van der Waals surface area contributed by atoms with Gasteiger partial charge in [0.25, 0.3) is 11.6 Å². The zero-order chi connectivity index (χ0) is 21.0. The molecular weight excluding hydrogens is 392 g/mol. The molecule has 9 heteroatoms.